The van der Waals surface area contributed by atoms with E-state index in [1.807, 2.05) is 55.5 Å². The van der Waals surface area contributed by atoms with Gasteiger partial charge in [-0.3, -0.25) is 14.5 Å². The fourth-order valence-electron chi connectivity index (χ4n) is 6.89. The number of rotatable bonds is 12. The standard InChI is InChI=1S/C37H41IN2O6/c1-4-8-23(18-24-19-30(38)35(43)32(20-24)46-3)11-16-31(42)33-22(2)17-28-34(29(33)21-41)37(45)40(36(28)44)27-14-12-26(13-15-27)39-25-9-6-5-7-10-25/h5-7,9-10,12-15,18-20,28-29,31,34,39,41-43H,4,8,11,16-17,21H2,1-3H3/b23-18+/t28-,29+,31-,34-/m1/s1. The minimum atomic E-state index is -0.867. The lowest BCUT2D eigenvalue weighted by atomic mass is 9.68. The van der Waals surface area contributed by atoms with Crippen LogP contribution in [0.2, 0.25) is 0 Å². The fraction of sp³-hybridized carbons (Fsp3) is 0.351. The molecule has 1 aliphatic heterocycles. The largest absolute Gasteiger partial charge is 0.504 e. The normalized spacial score (nSPS) is 20.6. The lowest BCUT2D eigenvalue weighted by molar-refractivity contribution is -0.123. The highest BCUT2D eigenvalue weighted by molar-refractivity contribution is 14.1. The molecule has 1 heterocycles. The van der Waals surface area contributed by atoms with Gasteiger partial charge in [-0.1, -0.05) is 48.8 Å². The number of nitrogens with one attached hydrogen (secondary N) is 1. The maximum Gasteiger partial charge on any atom is 0.238 e. The number of hydrogen-bond donors (Lipinski definition) is 4. The quantitative estimate of drug-likeness (QED) is 0.0882. The van der Waals surface area contributed by atoms with Crippen molar-refractivity contribution in [2.24, 2.45) is 17.8 Å². The average Bonchev–Trinajstić information content (AvgIpc) is 3.30. The zero-order chi connectivity index (χ0) is 33.0. The highest BCUT2D eigenvalue weighted by Crippen LogP contribution is 2.47. The van der Waals surface area contributed by atoms with Crippen LogP contribution in [0.5, 0.6) is 11.5 Å². The molecule has 5 rings (SSSR count). The summed E-state index contributed by atoms with van der Waals surface area (Å²) < 4.78 is 6.01. The van der Waals surface area contributed by atoms with Crippen LogP contribution in [0.1, 0.15) is 51.5 Å². The van der Waals surface area contributed by atoms with Crippen LogP contribution in [-0.4, -0.2) is 47.0 Å². The van der Waals surface area contributed by atoms with Crippen LogP contribution in [0.4, 0.5) is 17.1 Å². The van der Waals surface area contributed by atoms with Crippen molar-refractivity contribution in [3.63, 3.8) is 0 Å². The van der Waals surface area contributed by atoms with E-state index in [2.05, 4.69) is 40.9 Å². The maximum atomic E-state index is 13.9. The number of amides is 2. The van der Waals surface area contributed by atoms with Crippen LogP contribution in [-0.2, 0) is 9.59 Å². The molecule has 0 spiro atoms. The first kappa shape index (κ1) is 33.7. The van der Waals surface area contributed by atoms with Crippen LogP contribution in [0.25, 0.3) is 6.08 Å². The van der Waals surface area contributed by atoms with E-state index in [1.165, 1.54) is 12.0 Å². The van der Waals surface area contributed by atoms with Gasteiger partial charge in [0.05, 0.1) is 40.9 Å². The van der Waals surface area contributed by atoms with E-state index in [-0.39, 0.29) is 24.2 Å². The summed E-state index contributed by atoms with van der Waals surface area (Å²) in [7, 11) is 1.52. The number of carbonyl (C=O) groups excluding carboxylic acids is 2. The Hall–Kier alpha value is -3.67. The molecular weight excluding hydrogens is 695 g/mol. The van der Waals surface area contributed by atoms with Crippen LogP contribution in [0.3, 0.4) is 0 Å². The van der Waals surface area contributed by atoms with Gasteiger partial charge in [-0.2, -0.15) is 0 Å². The van der Waals surface area contributed by atoms with Gasteiger partial charge < -0.3 is 25.4 Å². The van der Waals surface area contributed by atoms with Crippen molar-refractivity contribution in [1.82, 2.24) is 0 Å². The first-order valence-corrected chi connectivity index (χ1v) is 16.8. The summed E-state index contributed by atoms with van der Waals surface area (Å²) in [5, 5.41) is 35.7. The minimum Gasteiger partial charge on any atom is -0.504 e. The van der Waals surface area contributed by atoms with Crippen molar-refractivity contribution >= 4 is 57.5 Å². The Morgan fingerprint density at radius 2 is 1.76 bits per heavy atom. The number of aliphatic hydroxyl groups is 2. The lowest BCUT2D eigenvalue weighted by Crippen LogP contribution is -2.38. The van der Waals surface area contributed by atoms with E-state index in [4.69, 9.17) is 4.74 Å². The van der Waals surface area contributed by atoms with Gasteiger partial charge >= 0.3 is 0 Å². The highest BCUT2D eigenvalue weighted by Gasteiger charge is 2.54. The van der Waals surface area contributed by atoms with Crippen molar-refractivity contribution in [2.75, 3.05) is 23.9 Å². The molecule has 8 nitrogen and oxygen atoms in total. The summed E-state index contributed by atoms with van der Waals surface area (Å²) >= 11 is 2.08. The molecule has 0 aromatic heterocycles. The minimum absolute atomic E-state index is 0.108. The van der Waals surface area contributed by atoms with Crippen LogP contribution in [0.15, 0.2) is 83.4 Å². The molecule has 9 heteroatoms. The Labute approximate surface area is 283 Å². The van der Waals surface area contributed by atoms with E-state index in [9.17, 15) is 24.9 Å². The number of para-hydroxylation sites is 1. The first-order chi connectivity index (χ1) is 22.2. The molecule has 0 unspecified atom stereocenters. The molecule has 2 amide bonds. The second-order valence-corrected chi connectivity index (χ2v) is 13.2. The van der Waals surface area contributed by atoms with Crippen molar-refractivity contribution in [3.8, 4) is 11.5 Å². The Balaban J connectivity index is 1.32. The van der Waals surface area contributed by atoms with E-state index < -0.39 is 23.9 Å². The van der Waals surface area contributed by atoms with Gasteiger partial charge in [0, 0.05) is 17.3 Å². The molecule has 1 fully saturated rings. The summed E-state index contributed by atoms with van der Waals surface area (Å²) in [5.74, 6) is -2.04. The maximum absolute atomic E-state index is 13.9. The average molecular weight is 737 g/mol. The Kier molecular flexibility index (Phi) is 10.9. The molecule has 242 valence electrons. The van der Waals surface area contributed by atoms with Crippen molar-refractivity contribution in [1.29, 1.82) is 0 Å². The zero-order valence-electron chi connectivity index (χ0n) is 26.4. The van der Waals surface area contributed by atoms with Crippen LogP contribution >= 0.6 is 22.6 Å². The molecule has 0 bridgehead atoms. The van der Waals surface area contributed by atoms with Gasteiger partial charge in [-0.05, 0) is 115 Å². The van der Waals surface area contributed by atoms with E-state index in [1.54, 1.807) is 18.2 Å². The smallest absolute Gasteiger partial charge is 0.238 e. The Bertz CT molecular complexity index is 1640. The van der Waals surface area contributed by atoms with Crippen molar-refractivity contribution in [3.05, 3.63) is 92.6 Å². The molecule has 4 N–H and O–H groups in total. The van der Waals surface area contributed by atoms with Crippen molar-refractivity contribution < 1.29 is 29.6 Å². The van der Waals surface area contributed by atoms with Crippen LogP contribution in [0, 0.1) is 21.3 Å². The molecule has 3 aromatic carbocycles. The van der Waals surface area contributed by atoms with Gasteiger partial charge in [0.15, 0.2) is 11.5 Å². The van der Waals surface area contributed by atoms with Gasteiger partial charge in [0.1, 0.15) is 0 Å². The summed E-state index contributed by atoms with van der Waals surface area (Å²) in [6, 6.07) is 20.6. The molecule has 1 saturated heterocycles. The SMILES string of the molecule is CCC/C(=C\c1cc(I)c(O)c(OC)c1)CC[C@@H](O)C1=C(C)C[C@H]2C(=O)N(c3ccc(Nc4ccccc4)cc3)C(=O)[C@H]2[C@H]1CO. The number of imide groups is 1. The van der Waals surface area contributed by atoms with Gasteiger partial charge in [-0.25, -0.2) is 0 Å². The summed E-state index contributed by atoms with van der Waals surface area (Å²) in [6.07, 6.45) is 4.36. The zero-order valence-corrected chi connectivity index (χ0v) is 28.5. The highest BCUT2D eigenvalue weighted by atomic mass is 127. The number of nitrogens with zero attached hydrogens (tertiary/aromatic N) is 1. The number of anilines is 3. The molecule has 0 saturated carbocycles. The third-order valence-electron chi connectivity index (χ3n) is 9.02. The summed E-state index contributed by atoms with van der Waals surface area (Å²) in [4.78, 5) is 28.8. The van der Waals surface area contributed by atoms with E-state index >= 15 is 0 Å². The van der Waals surface area contributed by atoms with Crippen LogP contribution < -0.4 is 15.0 Å². The summed E-state index contributed by atoms with van der Waals surface area (Å²) in [5.41, 5.74) is 5.83. The fourth-order valence-corrected chi connectivity index (χ4v) is 7.52. The number of benzene rings is 3. The number of hydrogen-bond acceptors (Lipinski definition) is 7. The Morgan fingerprint density at radius 3 is 2.41 bits per heavy atom. The topological polar surface area (TPSA) is 119 Å². The number of phenolic OH excluding ortho intramolecular Hbond substituents is 1. The van der Waals surface area contributed by atoms with E-state index in [0.717, 1.165) is 40.9 Å². The third kappa shape index (κ3) is 7.01. The van der Waals surface area contributed by atoms with Crippen molar-refractivity contribution in [2.45, 2.75) is 52.1 Å². The van der Waals surface area contributed by atoms with Gasteiger partial charge in [-0.15, -0.1) is 0 Å². The summed E-state index contributed by atoms with van der Waals surface area (Å²) in [6.45, 7) is 3.67. The van der Waals surface area contributed by atoms with Gasteiger partial charge in [0.25, 0.3) is 0 Å². The number of allylic oxidation sites excluding steroid dienone is 2. The molecule has 2 aliphatic rings. The predicted molar refractivity (Wildman–Crippen MR) is 189 cm³/mol. The number of phenols is 1. The number of methoxy groups -OCH3 is 1. The number of fused-ring (bicyclic) bond motifs is 1. The van der Waals surface area contributed by atoms with E-state index in [0.29, 0.717) is 39.8 Å². The lowest BCUT2D eigenvalue weighted by Gasteiger charge is -2.35. The predicted octanol–water partition coefficient (Wildman–Crippen LogP) is 7.21. The third-order valence-corrected chi connectivity index (χ3v) is 9.85. The number of aromatic hydroxyl groups is 1. The number of ether oxygens (including phenoxy) is 1. The van der Waals surface area contributed by atoms with Gasteiger partial charge in [0.2, 0.25) is 11.8 Å². The second-order valence-electron chi connectivity index (χ2n) is 12.1. The Morgan fingerprint density at radius 1 is 1.07 bits per heavy atom. The molecule has 3 aromatic rings. The molecule has 4 atom stereocenters. The molecule has 46 heavy (non-hydrogen) atoms. The second kappa shape index (κ2) is 14.8. The number of carbonyl (C=O) groups is 2. The number of halogens is 1. The molecule has 1 aliphatic carbocycles. The molecular formula is C37H41IN2O6. The number of aliphatic hydroxyl groups excluding tert-OH is 2. The molecule has 0 radical (unpaired) electrons. The monoisotopic (exact) mass is 736 g/mol. The first-order valence-electron chi connectivity index (χ1n) is 15.7.